The minimum atomic E-state index is -5.08. The summed E-state index contributed by atoms with van der Waals surface area (Å²) in [6.45, 7) is 5.37. The van der Waals surface area contributed by atoms with E-state index in [1.807, 2.05) is 31.2 Å². The maximum Gasteiger partial charge on any atom is 0.490 e. The highest BCUT2D eigenvalue weighted by Gasteiger charge is 2.46. The van der Waals surface area contributed by atoms with Crippen LogP contribution in [-0.4, -0.2) is 78.7 Å². The van der Waals surface area contributed by atoms with Crippen LogP contribution < -0.4 is 4.31 Å². The van der Waals surface area contributed by atoms with Gasteiger partial charge in [-0.25, -0.2) is 18.0 Å². The number of pyridine rings is 1. The van der Waals surface area contributed by atoms with Gasteiger partial charge in [0.1, 0.15) is 0 Å². The largest absolute Gasteiger partial charge is 0.490 e. The Morgan fingerprint density at radius 2 is 1.43 bits per heavy atom. The van der Waals surface area contributed by atoms with Gasteiger partial charge in [-0.15, -0.1) is 0 Å². The second-order valence-electron chi connectivity index (χ2n) is 9.22. The van der Waals surface area contributed by atoms with Crippen molar-refractivity contribution in [3.05, 3.63) is 59.4 Å². The van der Waals surface area contributed by atoms with Crippen LogP contribution >= 0.6 is 0 Å². The molecule has 16 heteroatoms. The number of piperidine rings is 1. The molecule has 0 amide bonds. The smallest absolute Gasteiger partial charge is 0.475 e. The third-order valence-electron chi connectivity index (χ3n) is 6.22. The molecule has 40 heavy (non-hydrogen) atoms. The molecule has 0 bridgehead atoms. The fraction of sp³-hybridized carbons (Fsp3) is 0.458. The van der Waals surface area contributed by atoms with Crippen LogP contribution in [0.2, 0.25) is 0 Å². The van der Waals surface area contributed by atoms with Crippen molar-refractivity contribution in [2.45, 2.75) is 44.1 Å². The quantitative estimate of drug-likeness (QED) is 0.508. The first kappa shape index (κ1) is 32.8. The van der Waals surface area contributed by atoms with Crippen LogP contribution in [0.15, 0.2) is 42.5 Å². The number of sulfonamides is 1. The predicted octanol–water partition coefficient (Wildman–Crippen LogP) is 3.97. The minimum absolute atomic E-state index is 0.0593. The Kier molecular flexibility index (Phi) is 10.2. The van der Waals surface area contributed by atoms with E-state index in [0.717, 1.165) is 49.6 Å². The molecule has 222 valence electrons. The Morgan fingerprint density at radius 3 is 1.88 bits per heavy atom. The first-order valence-electron chi connectivity index (χ1n) is 11.6. The normalized spacial score (nSPS) is 16.8. The molecule has 2 aromatic rings. The number of carboxylic acid groups (broad SMARTS) is 2. The van der Waals surface area contributed by atoms with Crippen molar-refractivity contribution in [1.29, 1.82) is 0 Å². The lowest BCUT2D eigenvalue weighted by Gasteiger charge is -2.39. The van der Waals surface area contributed by atoms with Gasteiger partial charge >= 0.3 is 24.3 Å². The van der Waals surface area contributed by atoms with Gasteiger partial charge in [-0.2, -0.15) is 26.3 Å². The van der Waals surface area contributed by atoms with E-state index in [9.17, 15) is 34.8 Å². The van der Waals surface area contributed by atoms with Crippen molar-refractivity contribution in [3.8, 4) is 0 Å². The lowest BCUT2D eigenvalue weighted by atomic mass is 9.74. The summed E-state index contributed by atoms with van der Waals surface area (Å²) in [5.41, 5.74) is 4.15. The number of aryl methyl sites for hydroxylation is 1. The van der Waals surface area contributed by atoms with E-state index >= 15 is 0 Å². The SMILES string of the molecule is Cc1cccc(CN2CCC3(CC2)CN(S(C)(=O)=O)c2ccccc23)n1.O=C(O)C(F)(F)F.O=C(O)C(F)(F)F. The number of nitrogens with zero attached hydrogens (tertiary/aromatic N) is 3. The number of likely N-dealkylation sites (tertiary alicyclic amines) is 1. The average Bonchev–Trinajstić information content (AvgIpc) is 3.15. The van der Waals surface area contributed by atoms with Gasteiger partial charge in [0.25, 0.3) is 0 Å². The summed E-state index contributed by atoms with van der Waals surface area (Å²) in [6, 6.07) is 14.1. The molecule has 1 fully saturated rings. The summed E-state index contributed by atoms with van der Waals surface area (Å²) in [6.07, 6.45) is -6.91. The first-order valence-corrected chi connectivity index (χ1v) is 13.4. The van der Waals surface area contributed by atoms with E-state index in [0.29, 0.717) is 6.54 Å². The van der Waals surface area contributed by atoms with Crippen LogP contribution in [0.4, 0.5) is 32.0 Å². The number of halogens is 6. The minimum Gasteiger partial charge on any atom is -0.475 e. The number of benzene rings is 1. The number of carboxylic acids is 2. The monoisotopic (exact) mass is 599 g/mol. The number of fused-ring (bicyclic) bond motifs is 2. The fourth-order valence-corrected chi connectivity index (χ4v) is 5.36. The van der Waals surface area contributed by atoms with Crippen molar-refractivity contribution in [2.75, 3.05) is 30.2 Å². The summed E-state index contributed by atoms with van der Waals surface area (Å²) in [4.78, 5) is 24.8. The molecule has 0 unspecified atom stereocenters. The van der Waals surface area contributed by atoms with Crippen LogP contribution in [-0.2, 0) is 31.6 Å². The molecule has 1 aromatic heterocycles. The van der Waals surface area contributed by atoms with Crippen LogP contribution in [0, 0.1) is 6.92 Å². The predicted molar refractivity (Wildman–Crippen MR) is 131 cm³/mol. The Balaban J connectivity index is 0.000000333. The van der Waals surface area contributed by atoms with Crippen LogP contribution in [0.5, 0.6) is 0 Å². The summed E-state index contributed by atoms with van der Waals surface area (Å²) in [7, 11) is -3.25. The molecule has 0 atom stereocenters. The second kappa shape index (κ2) is 12.4. The van der Waals surface area contributed by atoms with Crippen molar-refractivity contribution in [2.24, 2.45) is 0 Å². The van der Waals surface area contributed by atoms with Crippen LogP contribution in [0.1, 0.15) is 29.8 Å². The van der Waals surface area contributed by atoms with Gasteiger partial charge in [0.05, 0.1) is 17.6 Å². The molecule has 1 spiro atoms. The third kappa shape index (κ3) is 8.81. The summed E-state index contributed by atoms with van der Waals surface area (Å²) in [5.74, 6) is -5.51. The molecule has 4 rings (SSSR count). The molecule has 2 aliphatic rings. The zero-order valence-corrected chi connectivity index (χ0v) is 22.1. The highest BCUT2D eigenvalue weighted by atomic mass is 32.2. The lowest BCUT2D eigenvalue weighted by Crippen LogP contribution is -2.45. The molecule has 3 heterocycles. The van der Waals surface area contributed by atoms with E-state index in [1.165, 1.54) is 11.8 Å². The Bertz CT molecular complexity index is 1280. The molecule has 0 saturated carbocycles. The van der Waals surface area contributed by atoms with E-state index in [2.05, 4.69) is 28.1 Å². The Morgan fingerprint density at radius 1 is 0.925 bits per heavy atom. The standard InChI is InChI=1S/C20H25N3O2S.2C2HF3O2/c1-16-6-5-7-17(21-16)14-22-12-10-20(11-13-22)15-23(26(2,24)25)19-9-4-3-8-18(19)20;2*3-2(4,5)1(6)7/h3-9H,10-15H2,1-2H3;2*(H,6,7). The molecular formula is C24H27F6N3O6S. The number of anilines is 1. The molecule has 9 nitrogen and oxygen atoms in total. The number of carbonyl (C=O) groups is 2. The number of aromatic nitrogens is 1. The van der Waals surface area contributed by atoms with E-state index in [1.54, 1.807) is 4.31 Å². The van der Waals surface area contributed by atoms with Crippen molar-refractivity contribution >= 4 is 27.6 Å². The zero-order chi connectivity index (χ0) is 30.5. The number of alkyl halides is 6. The fourth-order valence-electron chi connectivity index (χ4n) is 4.36. The molecular weight excluding hydrogens is 572 g/mol. The molecule has 0 radical (unpaired) electrons. The molecule has 1 aromatic carbocycles. The first-order chi connectivity index (χ1) is 18.3. The van der Waals surface area contributed by atoms with Crippen molar-refractivity contribution in [3.63, 3.8) is 0 Å². The van der Waals surface area contributed by atoms with Gasteiger partial charge in [-0.1, -0.05) is 24.3 Å². The van der Waals surface area contributed by atoms with Gasteiger partial charge in [0.15, 0.2) is 0 Å². The number of rotatable bonds is 3. The number of para-hydroxylation sites is 1. The number of aliphatic carboxylic acids is 2. The van der Waals surface area contributed by atoms with E-state index in [4.69, 9.17) is 19.8 Å². The van der Waals surface area contributed by atoms with Crippen molar-refractivity contribution < 1.29 is 54.6 Å². The zero-order valence-electron chi connectivity index (χ0n) is 21.3. The number of hydrogen-bond acceptors (Lipinski definition) is 6. The van der Waals surface area contributed by atoms with Crippen molar-refractivity contribution in [1.82, 2.24) is 9.88 Å². The van der Waals surface area contributed by atoms with Gasteiger partial charge < -0.3 is 10.2 Å². The highest BCUT2D eigenvalue weighted by Crippen LogP contribution is 2.47. The Labute approximate surface area is 226 Å². The lowest BCUT2D eigenvalue weighted by molar-refractivity contribution is -0.193. The van der Waals surface area contributed by atoms with Gasteiger partial charge in [0.2, 0.25) is 10.0 Å². The van der Waals surface area contributed by atoms with Crippen LogP contribution in [0.3, 0.4) is 0 Å². The summed E-state index contributed by atoms with van der Waals surface area (Å²) < 4.78 is 89.6. The van der Waals surface area contributed by atoms with E-state index in [-0.39, 0.29) is 5.41 Å². The maximum atomic E-state index is 12.3. The van der Waals surface area contributed by atoms with E-state index < -0.39 is 34.3 Å². The second-order valence-corrected chi connectivity index (χ2v) is 11.1. The molecule has 2 N–H and O–H groups in total. The van der Waals surface area contributed by atoms with Gasteiger partial charge in [-0.3, -0.25) is 14.2 Å². The summed E-state index contributed by atoms with van der Waals surface area (Å²) in [5, 5.41) is 14.2. The topological polar surface area (TPSA) is 128 Å². The maximum absolute atomic E-state index is 12.3. The molecule has 2 aliphatic heterocycles. The third-order valence-corrected chi connectivity index (χ3v) is 7.35. The molecule has 1 saturated heterocycles. The Hall–Kier alpha value is -3.40. The van der Waals surface area contributed by atoms with Crippen LogP contribution in [0.25, 0.3) is 0 Å². The number of hydrogen-bond donors (Lipinski definition) is 2. The highest BCUT2D eigenvalue weighted by molar-refractivity contribution is 7.92. The van der Waals surface area contributed by atoms with Gasteiger partial charge in [0, 0.05) is 24.2 Å². The molecule has 0 aliphatic carbocycles. The summed E-state index contributed by atoms with van der Waals surface area (Å²) >= 11 is 0. The van der Waals surface area contributed by atoms with Gasteiger partial charge in [-0.05, 0) is 56.6 Å². The average molecular weight is 600 g/mol.